The summed E-state index contributed by atoms with van der Waals surface area (Å²) >= 11 is 3.48. The first kappa shape index (κ1) is 21.5. The van der Waals surface area contributed by atoms with Gasteiger partial charge < -0.3 is 0 Å². The van der Waals surface area contributed by atoms with Gasteiger partial charge in [0.25, 0.3) is 0 Å². The van der Waals surface area contributed by atoms with Gasteiger partial charge in [-0.3, -0.25) is 0 Å². The van der Waals surface area contributed by atoms with Crippen molar-refractivity contribution in [2.75, 3.05) is 0 Å². The second kappa shape index (κ2) is 10.1. The Kier molecular flexibility index (Phi) is 7.00. The van der Waals surface area contributed by atoms with Gasteiger partial charge in [0.1, 0.15) is 10.0 Å². The Labute approximate surface area is 202 Å². The van der Waals surface area contributed by atoms with Gasteiger partial charge in [-0.1, -0.05) is 84.9 Å². The fourth-order valence-corrected chi connectivity index (χ4v) is 5.10. The number of thiazole rings is 2. The van der Waals surface area contributed by atoms with Crippen LogP contribution in [0.2, 0.25) is 0 Å². The van der Waals surface area contributed by atoms with Gasteiger partial charge in [-0.2, -0.15) is 0 Å². The van der Waals surface area contributed by atoms with Crippen LogP contribution in [0.15, 0.2) is 109 Å². The molecule has 0 saturated heterocycles. The second-order valence-corrected chi connectivity index (χ2v) is 8.77. The number of nitrogens with zero attached hydrogens (tertiary/aromatic N) is 2. The molecule has 0 N–H and O–H groups in total. The normalized spacial score (nSPS) is 10.3. The minimum atomic E-state index is 0. The maximum absolute atomic E-state index is 4.60. The Bertz CT molecular complexity index is 1220. The third-order valence-electron chi connectivity index (χ3n) is 4.63. The molecule has 2 heterocycles. The van der Waals surface area contributed by atoms with Gasteiger partial charge in [-0.25, -0.2) is 9.97 Å². The van der Waals surface area contributed by atoms with Crippen LogP contribution in [0.5, 0.6) is 0 Å². The molecule has 1 radical (unpaired) electrons. The molecule has 5 heteroatoms. The molecule has 0 aliphatic rings. The summed E-state index contributed by atoms with van der Waals surface area (Å²) < 4.78 is 2.49. The molecule has 0 spiro atoms. The number of para-hydroxylation sites is 2. The van der Waals surface area contributed by atoms with Crippen LogP contribution in [0.4, 0.5) is 0 Å². The first-order valence-corrected chi connectivity index (χ1v) is 11.3. The number of benzene rings is 4. The summed E-state index contributed by atoms with van der Waals surface area (Å²) in [6, 6.07) is 37.1. The summed E-state index contributed by atoms with van der Waals surface area (Å²) in [6.45, 7) is 0. The Balaban J connectivity index is 0.000000144. The van der Waals surface area contributed by atoms with E-state index in [0.717, 1.165) is 21.0 Å². The Morgan fingerprint density at radius 3 is 1.16 bits per heavy atom. The van der Waals surface area contributed by atoms with Crippen molar-refractivity contribution in [3.63, 3.8) is 0 Å². The van der Waals surface area contributed by atoms with Gasteiger partial charge in [0.2, 0.25) is 0 Å². The van der Waals surface area contributed by atoms with Crippen molar-refractivity contribution in [1.29, 1.82) is 0 Å². The second-order valence-electron chi connectivity index (χ2n) is 6.71. The van der Waals surface area contributed by atoms with Gasteiger partial charge in [0, 0.05) is 31.2 Å². The van der Waals surface area contributed by atoms with Gasteiger partial charge >= 0.3 is 0 Å². The molecule has 2 nitrogen and oxygen atoms in total. The number of aromatic nitrogens is 2. The molecule has 6 rings (SSSR count). The molecule has 0 aliphatic heterocycles. The molecule has 0 unspecified atom stereocenters. The molecular weight excluding hydrogens is 597 g/mol. The molecule has 153 valence electrons. The predicted molar refractivity (Wildman–Crippen MR) is 130 cm³/mol. The predicted octanol–water partition coefficient (Wildman–Crippen LogP) is 7.92. The van der Waals surface area contributed by atoms with Crippen molar-refractivity contribution in [1.82, 2.24) is 9.97 Å². The summed E-state index contributed by atoms with van der Waals surface area (Å²) in [4.78, 5) is 9.20. The average molecular weight is 615 g/mol. The molecule has 0 amide bonds. The fourth-order valence-electron chi connectivity index (χ4n) is 3.15. The number of hydrogen-bond donors (Lipinski definition) is 0. The largest absolute Gasteiger partial charge is 0.236 e. The van der Waals surface area contributed by atoms with Crippen molar-refractivity contribution in [2.24, 2.45) is 0 Å². The molecule has 0 bridgehead atoms. The van der Waals surface area contributed by atoms with Crippen LogP contribution in [-0.4, -0.2) is 9.97 Å². The van der Waals surface area contributed by atoms with Crippen molar-refractivity contribution < 1.29 is 20.1 Å². The van der Waals surface area contributed by atoms with E-state index >= 15 is 0 Å². The fraction of sp³-hybridized carbons (Fsp3) is 0. The van der Waals surface area contributed by atoms with E-state index in [9.17, 15) is 0 Å². The number of hydrogen-bond acceptors (Lipinski definition) is 4. The van der Waals surface area contributed by atoms with Crippen molar-refractivity contribution >= 4 is 43.1 Å². The van der Waals surface area contributed by atoms with Crippen LogP contribution in [0.3, 0.4) is 0 Å². The minimum absolute atomic E-state index is 0. The number of rotatable bonds is 2. The Hall–Kier alpha value is -2.69. The standard InChI is InChI=1S/2C13H9NS.Ir/c2*1-2-6-10(7-3-1)13-14-11-8-4-5-9-12(11)15-13;/h2*1-9H;. The molecule has 0 saturated carbocycles. The van der Waals surface area contributed by atoms with E-state index in [0.29, 0.717) is 0 Å². The average Bonchev–Trinajstić information content (AvgIpc) is 3.45. The van der Waals surface area contributed by atoms with E-state index in [-0.39, 0.29) is 20.1 Å². The summed E-state index contributed by atoms with van der Waals surface area (Å²) in [6.07, 6.45) is 0. The minimum Gasteiger partial charge on any atom is -0.236 e. The van der Waals surface area contributed by atoms with Crippen LogP contribution in [0.1, 0.15) is 0 Å². The van der Waals surface area contributed by atoms with Crippen molar-refractivity contribution in [3.8, 4) is 21.1 Å². The van der Waals surface area contributed by atoms with Gasteiger partial charge in [0.05, 0.1) is 20.4 Å². The van der Waals surface area contributed by atoms with Gasteiger partial charge in [-0.05, 0) is 24.3 Å². The van der Waals surface area contributed by atoms with Gasteiger partial charge in [-0.15, -0.1) is 22.7 Å². The third-order valence-corrected chi connectivity index (χ3v) is 6.80. The third kappa shape index (κ3) is 4.97. The first-order chi connectivity index (χ1) is 14.9. The molecule has 0 atom stereocenters. The summed E-state index contributed by atoms with van der Waals surface area (Å²) in [5, 5.41) is 2.19. The monoisotopic (exact) mass is 615 g/mol. The zero-order valence-corrected chi connectivity index (χ0v) is 20.5. The van der Waals surface area contributed by atoms with E-state index in [1.807, 2.05) is 48.5 Å². The van der Waals surface area contributed by atoms with Crippen LogP contribution in [0, 0.1) is 0 Å². The quantitative estimate of drug-likeness (QED) is 0.198. The van der Waals surface area contributed by atoms with Crippen LogP contribution < -0.4 is 0 Å². The SMILES string of the molecule is [Ir].c1ccc(-c2nc3ccccc3s2)cc1.c1ccc(-c2nc3ccccc3s2)cc1. The van der Waals surface area contributed by atoms with E-state index in [4.69, 9.17) is 0 Å². The maximum atomic E-state index is 4.60. The Morgan fingerprint density at radius 1 is 0.419 bits per heavy atom. The smallest absolute Gasteiger partial charge is 0.124 e. The summed E-state index contributed by atoms with van der Waals surface area (Å²) in [5.74, 6) is 0. The zero-order chi connectivity index (χ0) is 20.2. The summed E-state index contributed by atoms with van der Waals surface area (Å²) in [7, 11) is 0. The van der Waals surface area contributed by atoms with Crippen LogP contribution >= 0.6 is 22.7 Å². The van der Waals surface area contributed by atoms with E-state index < -0.39 is 0 Å². The van der Waals surface area contributed by atoms with Crippen molar-refractivity contribution in [2.45, 2.75) is 0 Å². The van der Waals surface area contributed by atoms with Crippen molar-refractivity contribution in [3.05, 3.63) is 109 Å². The number of fused-ring (bicyclic) bond motifs is 2. The molecule has 0 aliphatic carbocycles. The van der Waals surface area contributed by atoms with Gasteiger partial charge in [0.15, 0.2) is 0 Å². The topological polar surface area (TPSA) is 25.8 Å². The zero-order valence-electron chi connectivity index (χ0n) is 16.4. The molecule has 4 aromatic carbocycles. The molecule has 0 fully saturated rings. The summed E-state index contributed by atoms with van der Waals surface area (Å²) in [5.41, 5.74) is 4.56. The molecular formula is C26H18IrN2S2. The van der Waals surface area contributed by atoms with E-state index in [1.54, 1.807) is 22.7 Å². The maximum Gasteiger partial charge on any atom is 0.124 e. The molecule has 6 aromatic rings. The Morgan fingerprint density at radius 2 is 0.774 bits per heavy atom. The molecule has 31 heavy (non-hydrogen) atoms. The van der Waals surface area contributed by atoms with E-state index in [1.165, 1.54) is 20.5 Å². The molecule has 2 aromatic heterocycles. The van der Waals surface area contributed by atoms with E-state index in [2.05, 4.69) is 70.6 Å². The van der Waals surface area contributed by atoms with Crippen LogP contribution in [-0.2, 0) is 20.1 Å². The van der Waals surface area contributed by atoms with Crippen LogP contribution in [0.25, 0.3) is 41.6 Å². The first-order valence-electron chi connectivity index (χ1n) is 9.69.